The van der Waals surface area contributed by atoms with Crippen LogP contribution in [0, 0.1) is 0 Å². The third-order valence-electron chi connectivity index (χ3n) is 3.26. The molecule has 0 aliphatic carbocycles. The van der Waals surface area contributed by atoms with E-state index in [-0.39, 0.29) is 16.9 Å². The van der Waals surface area contributed by atoms with Gasteiger partial charge in [-0.15, -0.1) is 0 Å². The van der Waals surface area contributed by atoms with Gasteiger partial charge in [-0.05, 0) is 29.8 Å². The highest BCUT2D eigenvalue weighted by Crippen LogP contribution is 2.15. The second-order valence-corrected chi connectivity index (χ2v) is 5.03. The summed E-state index contributed by atoms with van der Waals surface area (Å²) >= 11 is 0. The predicted octanol–water partition coefficient (Wildman–Crippen LogP) is 3.35. The highest BCUT2D eigenvalue weighted by Gasteiger charge is 2.13. The SMILES string of the molecule is CN(C)c1ccc(C=CC(=O)c2ccccc2C(=O)O)cc1. The zero-order chi connectivity index (χ0) is 16.1. The Morgan fingerprint density at radius 1 is 0.955 bits per heavy atom. The molecule has 4 nitrogen and oxygen atoms in total. The molecular weight excluding hydrogens is 278 g/mol. The molecule has 0 spiro atoms. The van der Waals surface area contributed by atoms with Crippen LogP contribution in [-0.2, 0) is 0 Å². The van der Waals surface area contributed by atoms with Gasteiger partial charge >= 0.3 is 5.97 Å². The Bertz CT molecular complexity index is 715. The van der Waals surface area contributed by atoms with Crippen molar-refractivity contribution in [2.24, 2.45) is 0 Å². The van der Waals surface area contributed by atoms with Gasteiger partial charge in [-0.25, -0.2) is 4.79 Å². The van der Waals surface area contributed by atoms with Crippen LogP contribution in [0.2, 0.25) is 0 Å². The van der Waals surface area contributed by atoms with Gasteiger partial charge in [0.05, 0.1) is 5.56 Å². The van der Waals surface area contributed by atoms with Gasteiger partial charge in [0.2, 0.25) is 0 Å². The second-order valence-electron chi connectivity index (χ2n) is 5.03. The first kappa shape index (κ1) is 15.5. The first-order chi connectivity index (χ1) is 10.5. The van der Waals surface area contributed by atoms with Gasteiger partial charge < -0.3 is 10.0 Å². The molecule has 0 radical (unpaired) electrons. The maximum Gasteiger partial charge on any atom is 0.336 e. The molecule has 0 aromatic heterocycles. The number of carbonyl (C=O) groups is 2. The van der Waals surface area contributed by atoms with Crippen molar-refractivity contribution in [2.45, 2.75) is 0 Å². The molecule has 112 valence electrons. The van der Waals surface area contributed by atoms with Gasteiger partial charge in [-0.3, -0.25) is 4.79 Å². The Morgan fingerprint density at radius 3 is 2.09 bits per heavy atom. The number of carboxylic acid groups (broad SMARTS) is 1. The fourth-order valence-electron chi connectivity index (χ4n) is 2.03. The van der Waals surface area contributed by atoms with Crippen molar-refractivity contribution in [1.29, 1.82) is 0 Å². The van der Waals surface area contributed by atoms with Crippen LogP contribution in [0.5, 0.6) is 0 Å². The Balaban J connectivity index is 2.20. The molecule has 0 aliphatic rings. The summed E-state index contributed by atoms with van der Waals surface area (Å²) in [6, 6.07) is 13.9. The molecule has 22 heavy (non-hydrogen) atoms. The number of hydrogen-bond acceptors (Lipinski definition) is 3. The number of allylic oxidation sites excluding steroid dienone is 1. The van der Waals surface area contributed by atoms with E-state index in [0.717, 1.165) is 11.3 Å². The summed E-state index contributed by atoms with van der Waals surface area (Å²) in [7, 11) is 3.91. The molecule has 2 aromatic carbocycles. The molecule has 0 heterocycles. The molecule has 4 heteroatoms. The lowest BCUT2D eigenvalue weighted by Gasteiger charge is -2.11. The molecule has 0 aliphatic heterocycles. The number of carbonyl (C=O) groups excluding carboxylic acids is 1. The average Bonchev–Trinajstić information content (AvgIpc) is 2.53. The van der Waals surface area contributed by atoms with Crippen LogP contribution in [0.25, 0.3) is 6.08 Å². The highest BCUT2D eigenvalue weighted by molar-refractivity contribution is 6.12. The van der Waals surface area contributed by atoms with Crippen LogP contribution in [0.3, 0.4) is 0 Å². The lowest BCUT2D eigenvalue weighted by molar-refractivity contribution is 0.0693. The Morgan fingerprint density at radius 2 is 1.55 bits per heavy atom. The molecular formula is C18H17NO3. The zero-order valence-electron chi connectivity index (χ0n) is 12.5. The Hall–Kier alpha value is -2.88. The van der Waals surface area contributed by atoms with Crippen LogP contribution < -0.4 is 4.90 Å². The van der Waals surface area contributed by atoms with E-state index in [9.17, 15) is 9.59 Å². The number of hydrogen-bond donors (Lipinski definition) is 1. The topological polar surface area (TPSA) is 57.6 Å². The smallest absolute Gasteiger partial charge is 0.336 e. The van der Waals surface area contributed by atoms with Crippen molar-refractivity contribution in [3.63, 3.8) is 0 Å². The van der Waals surface area contributed by atoms with E-state index < -0.39 is 5.97 Å². The van der Waals surface area contributed by atoms with Gasteiger partial charge in [-0.1, -0.05) is 36.4 Å². The lowest BCUT2D eigenvalue weighted by Crippen LogP contribution is -2.08. The van der Waals surface area contributed by atoms with E-state index >= 15 is 0 Å². The van der Waals surface area contributed by atoms with E-state index in [2.05, 4.69) is 0 Å². The van der Waals surface area contributed by atoms with E-state index in [1.807, 2.05) is 43.3 Å². The van der Waals surface area contributed by atoms with Crippen molar-refractivity contribution in [3.8, 4) is 0 Å². The quantitative estimate of drug-likeness (QED) is 0.679. The van der Waals surface area contributed by atoms with Crippen LogP contribution in [-0.4, -0.2) is 31.0 Å². The molecule has 0 saturated carbocycles. The summed E-state index contributed by atoms with van der Waals surface area (Å²) in [5, 5.41) is 9.10. The van der Waals surface area contributed by atoms with Crippen molar-refractivity contribution < 1.29 is 14.7 Å². The largest absolute Gasteiger partial charge is 0.478 e. The van der Waals surface area contributed by atoms with Gasteiger partial charge in [-0.2, -0.15) is 0 Å². The van der Waals surface area contributed by atoms with Crippen LogP contribution in [0.15, 0.2) is 54.6 Å². The van der Waals surface area contributed by atoms with E-state index in [4.69, 9.17) is 5.11 Å². The summed E-state index contributed by atoms with van der Waals surface area (Å²) in [6.07, 6.45) is 3.08. The standard InChI is InChI=1S/C18H17NO3/c1-19(2)14-10-7-13(8-11-14)9-12-17(20)15-5-3-4-6-16(15)18(21)22/h3-12H,1-2H3,(H,21,22). The third kappa shape index (κ3) is 3.61. The first-order valence-electron chi connectivity index (χ1n) is 6.81. The van der Waals surface area contributed by atoms with Gasteiger partial charge in [0, 0.05) is 25.3 Å². The molecule has 0 saturated heterocycles. The predicted molar refractivity (Wildman–Crippen MR) is 87.5 cm³/mol. The third-order valence-corrected chi connectivity index (χ3v) is 3.26. The van der Waals surface area contributed by atoms with Crippen molar-refractivity contribution in [1.82, 2.24) is 0 Å². The Kier molecular flexibility index (Phi) is 4.73. The highest BCUT2D eigenvalue weighted by atomic mass is 16.4. The minimum atomic E-state index is -1.10. The summed E-state index contributed by atoms with van der Waals surface area (Å²) in [5.41, 5.74) is 2.16. The number of carboxylic acids is 1. The van der Waals surface area contributed by atoms with Gasteiger partial charge in [0.1, 0.15) is 0 Å². The summed E-state index contributed by atoms with van der Waals surface area (Å²) in [4.78, 5) is 25.3. The second kappa shape index (κ2) is 6.72. The average molecular weight is 295 g/mol. The van der Waals surface area contributed by atoms with Crippen LogP contribution in [0.1, 0.15) is 26.3 Å². The fraction of sp³-hybridized carbons (Fsp3) is 0.111. The number of rotatable bonds is 5. The van der Waals surface area contributed by atoms with Crippen LogP contribution >= 0.6 is 0 Å². The monoisotopic (exact) mass is 295 g/mol. The molecule has 1 N–H and O–H groups in total. The Labute approximate surface area is 129 Å². The van der Waals surface area contributed by atoms with Gasteiger partial charge in [0.25, 0.3) is 0 Å². The first-order valence-corrected chi connectivity index (χ1v) is 6.81. The van der Waals surface area contributed by atoms with Crippen molar-refractivity contribution in [3.05, 3.63) is 71.3 Å². The molecule has 0 atom stereocenters. The number of aromatic carboxylic acids is 1. The number of nitrogens with zero attached hydrogens (tertiary/aromatic N) is 1. The molecule has 0 amide bonds. The molecule has 0 bridgehead atoms. The maximum absolute atomic E-state index is 12.2. The van der Waals surface area contributed by atoms with Gasteiger partial charge in [0.15, 0.2) is 5.78 Å². The van der Waals surface area contributed by atoms with E-state index in [1.54, 1.807) is 18.2 Å². The number of anilines is 1. The number of benzene rings is 2. The maximum atomic E-state index is 12.2. The molecule has 0 fully saturated rings. The lowest BCUT2D eigenvalue weighted by atomic mass is 10.0. The van der Waals surface area contributed by atoms with E-state index in [0.29, 0.717) is 0 Å². The normalized spacial score (nSPS) is 10.6. The van der Waals surface area contributed by atoms with E-state index in [1.165, 1.54) is 18.2 Å². The molecule has 2 rings (SSSR count). The summed E-state index contributed by atoms with van der Waals surface area (Å²) in [6.45, 7) is 0. The fourth-order valence-corrected chi connectivity index (χ4v) is 2.03. The molecule has 0 unspecified atom stereocenters. The minimum absolute atomic E-state index is 0.0140. The van der Waals surface area contributed by atoms with Crippen molar-refractivity contribution >= 4 is 23.5 Å². The summed E-state index contributed by atoms with van der Waals surface area (Å²) < 4.78 is 0. The number of ketones is 1. The molecule has 2 aromatic rings. The zero-order valence-corrected chi connectivity index (χ0v) is 12.5. The van der Waals surface area contributed by atoms with Crippen molar-refractivity contribution in [2.75, 3.05) is 19.0 Å². The minimum Gasteiger partial charge on any atom is -0.478 e. The summed E-state index contributed by atoms with van der Waals surface area (Å²) in [5.74, 6) is -1.43. The van der Waals surface area contributed by atoms with Crippen LogP contribution in [0.4, 0.5) is 5.69 Å².